The van der Waals surface area contributed by atoms with Crippen molar-refractivity contribution in [3.05, 3.63) is 45.9 Å². The third kappa shape index (κ3) is 5.93. The molecule has 7 nitrogen and oxygen atoms in total. The number of aryl methyl sites for hydroxylation is 2. The third-order valence-electron chi connectivity index (χ3n) is 4.95. The Hall–Kier alpha value is -2.61. The number of carbonyl (C=O) groups excluding carboxylic acids is 1. The Kier molecular flexibility index (Phi) is 7.46. The van der Waals surface area contributed by atoms with Crippen LogP contribution in [0.25, 0.3) is 0 Å². The smallest absolute Gasteiger partial charge is 0.244 e. The van der Waals surface area contributed by atoms with Gasteiger partial charge in [0.2, 0.25) is 5.91 Å². The summed E-state index contributed by atoms with van der Waals surface area (Å²) in [5.74, 6) is 0.713. The molecule has 0 saturated carbocycles. The molecule has 2 aromatic rings. The van der Waals surface area contributed by atoms with Gasteiger partial charge < -0.3 is 20.4 Å². The van der Waals surface area contributed by atoms with Gasteiger partial charge in [0.15, 0.2) is 5.96 Å². The lowest BCUT2D eigenvalue weighted by Gasteiger charge is -2.36. The number of aromatic nitrogens is 1. The summed E-state index contributed by atoms with van der Waals surface area (Å²) in [4.78, 5) is 27.1. The Bertz CT molecular complexity index is 807. The predicted octanol–water partition coefficient (Wildman–Crippen LogP) is 2.16. The number of guanidine groups is 1. The molecule has 0 bridgehead atoms. The molecule has 1 aliphatic rings. The molecule has 0 aliphatic carbocycles. The van der Waals surface area contributed by atoms with E-state index in [0.29, 0.717) is 12.5 Å². The molecule has 1 aromatic heterocycles. The number of piperazine rings is 1. The predicted molar refractivity (Wildman–Crippen MR) is 120 cm³/mol. The first-order valence-electron chi connectivity index (χ1n) is 10.1. The summed E-state index contributed by atoms with van der Waals surface area (Å²) in [6.07, 6.45) is 0. The van der Waals surface area contributed by atoms with Crippen LogP contribution in [0.1, 0.15) is 22.5 Å². The van der Waals surface area contributed by atoms with E-state index in [-0.39, 0.29) is 12.5 Å². The van der Waals surface area contributed by atoms with Gasteiger partial charge >= 0.3 is 0 Å². The molecule has 3 rings (SSSR count). The van der Waals surface area contributed by atoms with Gasteiger partial charge in [0.1, 0.15) is 11.6 Å². The Morgan fingerprint density at radius 2 is 1.86 bits per heavy atom. The SMILES string of the molecule is CCNC(=NCC(=O)N1CCN(c2ccccc2)CC1)NCc1nc(C)c(C)s1. The number of amides is 1. The van der Waals surface area contributed by atoms with E-state index in [4.69, 9.17) is 0 Å². The molecule has 0 radical (unpaired) electrons. The van der Waals surface area contributed by atoms with Crippen molar-refractivity contribution in [3.63, 3.8) is 0 Å². The molecule has 0 spiro atoms. The Labute approximate surface area is 176 Å². The van der Waals surface area contributed by atoms with E-state index >= 15 is 0 Å². The monoisotopic (exact) mass is 414 g/mol. The highest BCUT2D eigenvalue weighted by molar-refractivity contribution is 7.11. The van der Waals surface area contributed by atoms with Gasteiger partial charge in [-0.1, -0.05) is 18.2 Å². The Balaban J connectivity index is 1.49. The topological polar surface area (TPSA) is 72.9 Å². The lowest BCUT2D eigenvalue weighted by atomic mass is 10.2. The summed E-state index contributed by atoms with van der Waals surface area (Å²) >= 11 is 1.68. The van der Waals surface area contributed by atoms with Crippen molar-refractivity contribution in [2.75, 3.05) is 44.2 Å². The largest absolute Gasteiger partial charge is 0.368 e. The van der Waals surface area contributed by atoms with E-state index in [9.17, 15) is 4.79 Å². The van der Waals surface area contributed by atoms with Gasteiger partial charge in [-0.15, -0.1) is 11.3 Å². The number of para-hydroxylation sites is 1. The average Bonchev–Trinajstić information content (AvgIpc) is 3.08. The van der Waals surface area contributed by atoms with Crippen LogP contribution in [0.3, 0.4) is 0 Å². The van der Waals surface area contributed by atoms with Crippen LogP contribution in [0.5, 0.6) is 0 Å². The molecule has 1 fully saturated rings. The van der Waals surface area contributed by atoms with Crippen molar-refractivity contribution in [3.8, 4) is 0 Å². The maximum atomic E-state index is 12.6. The van der Waals surface area contributed by atoms with Crippen LogP contribution in [0.2, 0.25) is 0 Å². The summed E-state index contributed by atoms with van der Waals surface area (Å²) in [5.41, 5.74) is 2.28. The lowest BCUT2D eigenvalue weighted by molar-refractivity contribution is -0.129. The Morgan fingerprint density at radius 3 is 2.48 bits per heavy atom. The number of benzene rings is 1. The fourth-order valence-corrected chi connectivity index (χ4v) is 4.09. The molecule has 1 aromatic carbocycles. The number of carbonyl (C=O) groups is 1. The second-order valence-electron chi connectivity index (χ2n) is 7.00. The van der Waals surface area contributed by atoms with Gasteiger partial charge in [-0.05, 0) is 32.9 Å². The standard InChI is InChI=1S/C21H30N6OS/c1-4-22-21(23-14-19-25-16(2)17(3)29-19)24-15-20(28)27-12-10-26(11-13-27)18-8-6-5-7-9-18/h5-9H,4,10-15H2,1-3H3,(H2,22,23,24). The minimum absolute atomic E-state index is 0.0656. The number of hydrogen-bond donors (Lipinski definition) is 2. The zero-order valence-corrected chi connectivity index (χ0v) is 18.3. The van der Waals surface area contributed by atoms with Crippen molar-refractivity contribution in [1.29, 1.82) is 0 Å². The van der Waals surface area contributed by atoms with Gasteiger partial charge in [0.25, 0.3) is 0 Å². The van der Waals surface area contributed by atoms with E-state index in [2.05, 4.69) is 44.6 Å². The number of nitrogens with zero attached hydrogens (tertiary/aromatic N) is 4. The minimum atomic E-state index is 0.0656. The third-order valence-corrected chi connectivity index (χ3v) is 6.02. The van der Waals surface area contributed by atoms with Crippen molar-refractivity contribution in [2.45, 2.75) is 27.3 Å². The second-order valence-corrected chi connectivity index (χ2v) is 8.29. The fourth-order valence-electron chi connectivity index (χ4n) is 3.22. The molecule has 1 amide bonds. The molecule has 0 atom stereocenters. The van der Waals surface area contributed by atoms with E-state index in [1.165, 1.54) is 10.6 Å². The van der Waals surface area contributed by atoms with Crippen molar-refractivity contribution in [1.82, 2.24) is 20.5 Å². The summed E-state index contributed by atoms with van der Waals surface area (Å²) < 4.78 is 0. The molecule has 2 heterocycles. The molecule has 1 saturated heterocycles. The highest BCUT2D eigenvalue weighted by atomic mass is 32.1. The second kappa shape index (κ2) is 10.2. The van der Waals surface area contributed by atoms with Crippen LogP contribution in [-0.4, -0.2) is 61.0 Å². The van der Waals surface area contributed by atoms with Crippen LogP contribution in [0, 0.1) is 13.8 Å². The van der Waals surface area contributed by atoms with E-state index < -0.39 is 0 Å². The first-order chi connectivity index (χ1) is 14.1. The minimum Gasteiger partial charge on any atom is -0.368 e. The van der Waals surface area contributed by atoms with Crippen LogP contribution >= 0.6 is 11.3 Å². The first kappa shape index (κ1) is 21.1. The number of nitrogens with one attached hydrogen (secondary N) is 2. The molecule has 2 N–H and O–H groups in total. The Morgan fingerprint density at radius 1 is 1.14 bits per heavy atom. The molecule has 8 heteroatoms. The fraction of sp³-hybridized carbons (Fsp3) is 0.476. The van der Waals surface area contributed by atoms with E-state index in [0.717, 1.165) is 43.4 Å². The number of thiazole rings is 1. The summed E-state index contributed by atoms with van der Waals surface area (Å²) in [6.45, 7) is 10.8. The number of anilines is 1. The zero-order chi connectivity index (χ0) is 20.6. The van der Waals surface area contributed by atoms with Gasteiger partial charge in [0.05, 0.1) is 12.2 Å². The maximum absolute atomic E-state index is 12.6. The van der Waals surface area contributed by atoms with Crippen molar-refractivity contribution in [2.24, 2.45) is 4.99 Å². The van der Waals surface area contributed by atoms with E-state index in [1.807, 2.05) is 36.9 Å². The van der Waals surface area contributed by atoms with Crippen molar-refractivity contribution < 1.29 is 4.79 Å². The van der Waals surface area contributed by atoms with Crippen LogP contribution in [0.4, 0.5) is 5.69 Å². The maximum Gasteiger partial charge on any atom is 0.244 e. The van der Waals surface area contributed by atoms with Crippen molar-refractivity contribution >= 4 is 28.9 Å². The number of hydrogen-bond acceptors (Lipinski definition) is 5. The first-order valence-corrected chi connectivity index (χ1v) is 10.9. The van der Waals surface area contributed by atoms with Crippen LogP contribution in [-0.2, 0) is 11.3 Å². The van der Waals surface area contributed by atoms with Gasteiger partial charge in [0, 0.05) is 43.3 Å². The average molecular weight is 415 g/mol. The van der Waals surface area contributed by atoms with Gasteiger partial charge in [-0.25, -0.2) is 9.98 Å². The molecule has 1 aliphatic heterocycles. The highest BCUT2D eigenvalue weighted by Gasteiger charge is 2.21. The summed E-state index contributed by atoms with van der Waals surface area (Å²) in [5, 5.41) is 7.49. The molecular formula is C21H30N6OS. The zero-order valence-electron chi connectivity index (χ0n) is 17.4. The van der Waals surface area contributed by atoms with Crippen LogP contribution < -0.4 is 15.5 Å². The number of aliphatic imine (C=N–C) groups is 1. The van der Waals surface area contributed by atoms with Crippen LogP contribution in [0.15, 0.2) is 35.3 Å². The molecular weight excluding hydrogens is 384 g/mol. The quantitative estimate of drug-likeness (QED) is 0.560. The highest BCUT2D eigenvalue weighted by Crippen LogP contribution is 2.16. The molecule has 29 heavy (non-hydrogen) atoms. The molecule has 156 valence electrons. The van der Waals surface area contributed by atoms with E-state index in [1.54, 1.807) is 11.3 Å². The molecule has 0 unspecified atom stereocenters. The van der Waals surface area contributed by atoms with Gasteiger partial charge in [-0.2, -0.15) is 0 Å². The summed E-state index contributed by atoms with van der Waals surface area (Å²) in [6, 6.07) is 10.3. The number of rotatable bonds is 6. The normalized spacial score (nSPS) is 14.8. The lowest BCUT2D eigenvalue weighted by Crippen LogP contribution is -2.49. The summed E-state index contributed by atoms with van der Waals surface area (Å²) in [7, 11) is 0. The van der Waals surface area contributed by atoms with Gasteiger partial charge in [-0.3, -0.25) is 4.79 Å².